The number of benzene rings is 1. The Bertz CT molecular complexity index is 739. The summed E-state index contributed by atoms with van der Waals surface area (Å²) in [5, 5.41) is 1.23. The lowest BCUT2D eigenvalue weighted by Crippen LogP contribution is -2.11. The van der Waals surface area contributed by atoms with E-state index in [1.165, 1.54) is 0 Å². The highest BCUT2D eigenvalue weighted by atomic mass is 35.5. The molecule has 0 unspecified atom stereocenters. The maximum Gasteiger partial charge on any atom is 0.0519 e. The summed E-state index contributed by atoms with van der Waals surface area (Å²) in [5.41, 5.74) is 5.96. The van der Waals surface area contributed by atoms with Crippen molar-refractivity contribution >= 4 is 41.0 Å². The molecular weight excluding hydrogens is 327 g/mol. The summed E-state index contributed by atoms with van der Waals surface area (Å²) in [6.45, 7) is 2.75. The van der Waals surface area contributed by atoms with E-state index < -0.39 is 0 Å². The zero-order valence-corrected chi connectivity index (χ0v) is 13.7. The molecule has 2 nitrogen and oxygen atoms in total. The average molecular weight is 340 g/mol. The van der Waals surface area contributed by atoms with Gasteiger partial charge in [-0.3, -0.25) is 9.98 Å². The third-order valence-electron chi connectivity index (χ3n) is 3.65. The van der Waals surface area contributed by atoms with E-state index in [4.69, 9.17) is 34.8 Å². The van der Waals surface area contributed by atoms with Crippen LogP contribution in [-0.4, -0.2) is 17.7 Å². The zero-order chi connectivity index (χ0) is 15.0. The third kappa shape index (κ3) is 2.68. The predicted molar refractivity (Wildman–Crippen MR) is 90.2 cm³/mol. The molecule has 2 heterocycles. The molecule has 108 valence electrons. The number of aliphatic imine (C=N–C) groups is 1. The van der Waals surface area contributed by atoms with E-state index in [0.29, 0.717) is 15.9 Å². The molecule has 1 aromatic carbocycles. The van der Waals surface area contributed by atoms with Crippen molar-refractivity contribution in [1.29, 1.82) is 0 Å². The van der Waals surface area contributed by atoms with Crippen LogP contribution in [0.2, 0.25) is 10.0 Å². The van der Waals surface area contributed by atoms with Gasteiger partial charge in [0.05, 0.1) is 5.69 Å². The third-order valence-corrected chi connectivity index (χ3v) is 4.47. The molecule has 0 spiro atoms. The molecule has 0 bridgehead atoms. The molecule has 3 rings (SSSR count). The second-order valence-electron chi connectivity index (χ2n) is 4.95. The lowest BCUT2D eigenvalue weighted by atomic mass is 9.92. The Morgan fingerprint density at radius 2 is 2.05 bits per heavy atom. The molecule has 0 N–H and O–H groups in total. The average Bonchev–Trinajstić information content (AvgIpc) is 2.46. The minimum atomic E-state index is 0.383. The van der Waals surface area contributed by atoms with Crippen LogP contribution in [0.4, 0.5) is 0 Å². The molecule has 5 heteroatoms. The van der Waals surface area contributed by atoms with Crippen LogP contribution in [0.15, 0.2) is 23.2 Å². The highest BCUT2D eigenvalue weighted by molar-refractivity contribution is 6.36. The topological polar surface area (TPSA) is 25.2 Å². The van der Waals surface area contributed by atoms with Gasteiger partial charge in [-0.05, 0) is 30.2 Å². The fraction of sp³-hybridized carbons (Fsp3) is 0.250. The van der Waals surface area contributed by atoms with Gasteiger partial charge in [-0.15, -0.1) is 11.6 Å². The van der Waals surface area contributed by atoms with Crippen molar-refractivity contribution in [2.75, 3.05) is 6.54 Å². The predicted octanol–water partition coefficient (Wildman–Crippen LogP) is 5.08. The Morgan fingerprint density at radius 1 is 1.24 bits per heavy atom. The number of pyridine rings is 1. The molecule has 0 atom stereocenters. The van der Waals surface area contributed by atoms with Crippen LogP contribution in [0.5, 0.6) is 0 Å². The fourth-order valence-electron chi connectivity index (χ4n) is 2.64. The fourth-order valence-corrected chi connectivity index (χ4v) is 3.47. The van der Waals surface area contributed by atoms with E-state index in [-0.39, 0.29) is 0 Å². The van der Waals surface area contributed by atoms with Gasteiger partial charge in [0, 0.05) is 51.9 Å². The number of aryl methyl sites for hydroxylation is 1. The van der Waals surface area contributed by atoms with E-state index in [1.54, 1.807) is 6.07 Å². The number of hydrogen-bond acceptors (Lipinski definition) is 2. The summed E-state index contributed by atoms with van der Waals surface area (Å²) >= 11 is 18.6. The summed E-state index contributed by atoms with van der Waals surface area (Å²) in [5.74, 6) is 0.383. The lowest BCUT2D eigenvalue weighted by Gasteiger charge is -2.20. The normalized spacial score (nSPS) is 13.3. The maximum atomic E-state index is 6.40. The van der Waals surface area contributed by atoms with Gasteiger partial charge in [-0.2, -0.15) is 0 Å². The SMILES string of the molecule is Cc1nc2c(c(-c3ccc(Cl)cc3Cl)c1CCl)C=NCC2. The van der Waals surface area contributed by atoms with Gasteiger partial charge < -0.3 is 0 Å². The van der Waals surface area contributed by atoms with E-state index in [1.807, 2.05) is 25.3 Å². The largest absolute Gasteiger partial charge is 0.292 e. The van der Waals surface area contributed by atoms with Crippen LogP contribution < -0.4 is 0 Å². The van der Waals surface area contributed by atoms with E-state index in [2.05, 4.69) is 9.98 Å². The zero-order valence-electron chi connectivity index (χ0n) is 11.5. The number of hydrogen-bond donors (Lipinski definition) is 0. The minimum absolute atomic E-state index is 0.383. The molecule has 1 aromatic heterocycles. The first-order valence-electron chi connectivity index (χ1n) is 6.65. The number of rotatable bonds is 2. The van der Waals surface area contributed by atoms with Gasteiger partial charge in [0.25, 0.3) is 0 Å². The van der Waals surface area contributed by atoms with E-state index in [0.717, 1.165) is 46.6 Å². The highest BCUT2D eigenvalue weighted by Crippen LogP contribution is 2.37. The molecule has 21 heavy (non-hydrogen) atoms. The second-order valence-corrected chi connectivity index (χ2v) is 6.07. The first-order valence-corrected chi connectivity index (χ1v) is 7.94. The molecule has 0 fully saturated rings. The molecule has 1 aliphatic heterocycles. The first-order chi connectivity index (χ1) is 10.1. The Morgan fingerprint density at radius 3 is 2.76 bits per heavy atom. The molecule has 0 amide bonds. The molecule has 0 saturated heterocycles. The number of aromatic nitrogens is 1. The van der Waals surface area contributed by atoms with Crippen molar-refractivity contribution in [3.8, 4) is 11.1 Å². The number of nitrogens with zero attached hydrogens (tertiary/aromatic N) is 2. The molecule has 2 aromatic rings. The van der Waals surface area contributed by atoms with Gasteiger partial charge in [0.15, 0.2) is 0 Å². The maximum absolute atomic E-state index is 6.40. The van der Waals surface area contributed by atoms with Crippen molar-refractivity contribution in [3.63, 3.8) is 0 Å². The van der Waals surface area contributed by atoms with E-state index in [9.17, 15) is 0 Å². The quantitative estimate of drug-likeness (QED) is 0.701. The molecular formula is C16H13Cl3N2. The summed E-state index contributed by atoms with van der Waals surface area (Å²) in [6, 6.07) is 5.51. The van der Waals surface area contributed by atoms with Crippen LogP contribution in [-0.2, 0) is 12.3 Å². The smallest absolute Gasteiger partial charge is 0.0519 e. The van der Waals surface area contributed by atoms with Gasteiger partial charge in [0.1, 0.15) is 0 Å². The molecule has 1 aliphatic rings. The van der Waals surface area contributed by atoms with Crippen molar-refractivity contribution in [1.82, 2.24) is 4.98 Å². The number of fused-ring (bicyclic) bond motifs is 1. The van der Waals surface area contributed by atoms with Crippen LogP contribution in [0.25, 0.3) is 11.1 Å². The number of halogens is 3. The van der Waals surface area contributed by atoms with Crippen LogP contribution >= 0.6 is 34.8 Å². The minimum Gasteiger partial charge on any atom is -0.292 e. The van der Waals surface area contributed by atoms with Crippen molar-refractivity contribution in [2.24, 2.45) is 4.99 Å². The van der Waals surface area contributed by atoms with E-state index >= 15 is 0 Å². The molecule has 0 radical (unpaired) electrons. The number of alkyl halides is 1. The van der Waals surface area contributed by atoms with Gasteiger partial charge in [-0.1, -0.05) is 29.3 Å². The van der Waals surface area contributed by atoms with Crippen LogP contribution in [0.3, 0.4) is 0 Å². The molecule has 0 saturated carbocycles. The lowest BCUT2D eigenvalue weighted by molar-refractivity contribution is 0.890. The van der Waals surface area contributed by atoms with Gasteiger partial charge in [0.2, 0.25) is 0 Å². The summed E-state index contributed by atoms with van der Waals surface area (Å²) in [6.07, 6.45) is 2.72. The van der Waals surface area contributed by atoms with Crippen molar-refractivity contribution in [2.45, 2.75) is 19.2 Å². The van der Waals surface area contributed by atoms with Crippen LogP contribution in [0.1, 0.15) is 22.5 Å². The standard InChI is InChI=1S/C16H13Cl3N2/c1-9-12(7-17)16(11-3-2-10(18)6-14(11)19)13-8-20-5-4-15(13)21-9/h2-3,6,8H,4-5,7H2,1H3. The Labute approximate surface area is 138 Å². The van der Waals surface area contributed by atoms with Crippen molar-refractivity contribution in [3.05, 3.63) is 50.8 Å². The van der Waals surface area contributed by atoms with Crippen LogP contribution in [0, 0.1) is 6.92 Å². The molecule has 0 aliphatic carbocycles. The Balaban J connectivity index is 2.35. The summed E-state index contributed by atoms with van der Waals surface area (Å²) in [4.78, 5) is 9.05. The highest BCUT2D eigenvalue weighted by Gasteiger charge is 2.20. The first kappa shape index (κ1) is 14.8. The van der Waals surface area contributed by atoms with Gasteiger partial charge >= 0.3 is 0 Å². The summed E-state index contributed by atoms with van der Waals surface area (Å²) in [7, 11) is 0. The van der Waals surface area contributed by atoms with Crippen molar-refractivity contribution < 1.29 is 0 Å². The van der Waals surface area contributed by atoms with Gasteiger partial charge in [-0.25, -0.2) is 0 Å². The Hall–Kier alpha value is -1.09. The summed E-state index contributed by atoms with van der Waals surface area (Å²) < 4.78 is 0. The Kier molecular flexibility index (Phi) is 4.21. The second kappa shape index (κ2) is 5.96. The monoisotopic (exact) mass is 338 g/mol.